The summed E-state index contributed by atoms with van der Waals surface area (Å²) in [6.45, 7) is 4.73. The van der Waals surface area contributed by atoms with Crippen LogP contribution < -0.4 is 5.32 Å². The van der Waals surface area contributed by atoms with Crippen molar-refractivity contribution in [1.82, 2.24) is 5.32 Å². The van der Waals surface area contributed by atoms with Crippen LogP contribution >= 0.6 is 15.9 Å². The number of rotatable bonds is 5. The van der Waals surface area contributed by atoms with Gasteiger partial charge in [0, 0.05) is 17.8 Å². The van der Waals surface area contributed by atoms with Gasteiger partial charge in [0.05, 0.1) is 0 Å². The lowest BCUT2D eigenvalue weighted by Crippen LogP contribution is -2.33. The summed E-state index contributed by atoms with van der Waals surface area (Å²) in [5.41, 5.74) is 0.439. The highest BCUT2D eigenvalue weighted by molar-refractivity contribution is 9.09. The summed E-state index contributed by atoms with van der Waals surface area (Å²) in [7, 11) is 0. The van der Waals surface area contributed by atoms with Gasteiger partial charge >= 0.3 is 0 Å². The fraction of sp³-hybridized carbons (Fsp3) is 0.900. The standard InChI is InChI=1S/C10H18BrNO/c1-8(2)9(13)12-7-10(3-4-10)5-6-11/h8H,3-7H2,1-2H3,(H,12,13). The normalized spacial score (nSPS) is 18.8. The maximum absolute atomic E-state index is 11.3. The molecule has 0 aromatic rings. The van der Waals surface area contributed by atoms with Crippen molar-refractivity contribution in [3.05, 3.63) is 0 Å². The van der Waals surface area contributed by atoms with Crippen molar-refractivity contribution in [2.75, 3.05) is 11.9 Å². The summed E-state index contributed by atoms with van der Waals surface area (Å²) in [6.07, 6.45) is 3.74. The number of alkyl halides is 1. The van der Waals surface area contributed by atoms with Gasteiger partial charge in [-0.2, -0.15) is 0 Å². The predicted molar refractivity (Wildman–Crippen MR) is 57.9 cm³/mol. The molecule has 76 valence electrons. The van der Waals surface area contributed by atoms with Gasteiger partial charge in [-0.1, -0.05) is 29.8 Å². The van der Waals surface area contributed by atoms with E-state index in [-0.39, 0.29) is 11.8 Å². The lowest BCUT2D eigenvalue weighted by molar-refractivity contribution is -0.124. The van der Waals surface area contributed by atoms with Crippen LogP contribution in [-0.2, 0) is 4.79 Å². The van der Waals surface area contributed by atoms with Crippen molar-refractivity contribution in [2.24, 2.45) is 11.3 Å². The van der Waals surface area contributed by atoms with Gasteiger partial charge in [0.2, 0.25) is 5.91 Å². The van der Waals surface area contributed by atoms with Gasteiger partial charge in [0.15, 0.2) is 0 Å². The fourth-order valence-corrected chi connectivity index (χ4v) is 2.21. The zero-order valence-corrected chi connectivity index (χ0v) is 9.99. The molecule has 0 spiro atoms. The molecule has 1 aliphatic rings. The summed E-state index contributed by atoms with van der Waals surface area (Å²) in [6, 6.07) is 0. The van der Waals surface area contributed by atoms with Crippen LogP contribution in [0, 0.1) is 11.3 Å². The van der Waals surface area contributed by atoms with Crippen LogP contribution in [0.2, 0.25) is 0 Å². The van der Waals surface area contributed by atoms with Crippen molar-refractivity contribution in [3.63, 3.8) is 0 Å². The maximum atomic E-state index is 11.3. The third kappa shape index (κ3) is 3.29. The van der Waals surface area contributed by atoms with E-state index >= 15 is 0 Å². The molecule has 2 nitrogen and oxygen atoms in total. The van der Waals surface area contributed by atoms with Gasteiger partial charge in [-0.3, -0.25) is 4.79 Å². The molecule has 1 aliphatic carbocycles. The smallest absolute Gasteiger partial charge is 0.222 e. The Labute approximate surface area is 88.6 Å². The van der Waals surface area contributed by atoms with Crippen LogP contribution in [0.25, 0.3) is 0 Å². The molecule has 1 fully saturated rings. The Bertz CT molecular complexity index is 187. The van der Waals surface area contributed by atoms with Crippen molar-refractivity contribution >= 4 is 21.8 Å². The molecule has 1 rings (SSSR count). The summed E-state index contributed by atoms with van der Waals surface area (Å²) >= 11 is 3.45. The zero-order chi connectivity index (χ0) is 9.90. The average Bonchev–Trinajstić information content (AvgIpc) is 2.82. The van der Waals surface area contributed by atoms with E-state index in [1.165, 1.54) is 19.3 Å². The summed E-state index contributed by atoms with van der Waals surface area (Å²) in [5, 5.41) is 4.06. The number of hydrogen-bond acceptors (Lipinski definition) is 1. The molecule has 0 saturated heterocycles. The van der Waals surface area contributed by atoms with Gasteiger partial charge in [0.25, 0.3) is 0 Å². The Morgan fingerprint density at radius 2 is 2.15 bits per heavy atom. The third-order valence-corrected chi connectivity index (χ3v) is 3.14. The summed E-state index contributed by atoms with van der Waals surface area (Å²) < 4.78 is 0. The number of amides is 1. The fourth-order valence-electron chi connectivity index (χ4n) is 1.37. The first-order valence-electron chi connectivity index (χ1n) is 4.93. The molecule has 0 aromatic heterocycles. The van der Waals surface area contributed by atoms with Crippen molar-refractivity contribution in [1.29, 1.82) is 0 Å². The Kier molecular flexibility index (Phi) is 3.77. The minimum Gasteiger partial charge on any atom is -0.355 e. The first kappa shape index (κ1) is 11.0. The molecule has 0 aromatic carbocycles. The Morgan fingerprint density at radius 3 is 2.54 bits per heavy atom. The molecule has 0 atom stereocenters. The second-order valence-electron chi connectivity index (χ2n) is 4.31. The van der Waals surface area contributed by atoms with Gasteiger partial charge in [-0.05, 0) is 24.7 Å². The molecule has 1 amide bonds. The Balaban J connectivity index is 2.22. The minimum atomic E-state index is 0.111. The van der Waals surface area contributed by atoms with Crippen LogP contribution in [0.15, 0.2) is 0 Å². The molecule has 0 aliphatic heterocycles. The minimum absolute atomic E-state index is 0.111. The van der Waals surface area contributed by atoms with E-state index in [4.69, 9.17) is 0 Å². The van der Waals surface area contributed by atoms with E-state index in [1.54, 1.807) is 0 Å². The molecule has 1 saturated carbocycles. The van der Waals surface area contributed by atoms with E-state index in [0.717, 1.165) is 11.9 Å². The lowest BCUT2D eigenvalue weighted by atomic mass is 10.0. The molecular weight excluding hydrogens is 230 g/mol. The van der Waals surface area contributed by atoms with E-state index in [0.29, 0.717) is 5.41 Å². The topological polar surface area (TPSA) is 29.1 Å². The molecular formula is C10H18BrNO. The zero-order valence-electron chi connectivity index (χ0n) is 8.40. The molecule has 13 heavy (non-hydrogen) atoms. The van der Waals surface area contributed by atoms with E-state index in [1.807, 2.05) is 13.8 Å². The largest absolute Gasteiger partial charge is 0.355 e. The monoisotopic (exact) mass is 247 g/mol. The van der Waals surface area contributed by atoms with E-state index in [9.17, 15) is 4.79 Å². The summed E-state index contributed by atoms with van der Waals surface area (Å²) in [4.78, 5) is 11.3. The van der Waals surface area contributed by atoms with Crippen molar-refractivity contribution in [2.45, 2.75) is 33.1 Å². The molecule has 0 heterocycles. The van der Waals surface area contributed by atoms with Crippen molar-refractivity contribution < 1.29 is 4.79 Å². The first-order valence-corrected chi connectivity index (χ1v) is 6.05. The number of carbonyl (C=O) groups excluding carboxylic acids is 1. The molecule has 1 N–H and O–H groups in total. The molecule has 0 bridgehead atoms. The summed E-state index contributed by atoms with van der Waals surface area (Å²) in [5.74, 6) is 0.292. The van der Waals surface area contributed by atoms with Gasteiger partial charge in [-0.25, -0.2) is 0 Å². The number of halogens is 1. The van der Waals surface area contributed by atoms with Crippen LogP contribution in [0.4, 0.5) is 0 Å². The Morgan fingerprint density at radius 1 is 1.54 bits per heavy atom. The van der Waals surface area contributed by atoms with Crippen LogP contribution in [0.5, 0.6) is 0 Å². The number of hydrogen-bond donors (Lipinski definition) is 1. The second kappa shape index (κ2) is 4.45. The van der Waals surface area contributed by atoms with Gasteiger partial charge < -0.3 is 5.32 Å². The SMILES string of the molecule is CC(C)C(=O)NCC1(CCBr)CC1. The van der Waals surface area contributed by atoms with Crippen molar-refractivity contribution in [3.8, 4) is 0 Å². The average molecular weight is 248 g/mol. The molecule has 0 unspecified atom stereocenters. The third-order valence-electron chi connectivity index (χ3n) is 2.74. The second-order valence-corrected chi connectivity index (χ2v) is 5.10. The maximum Gasteiger partial charge on any atom is 0.222 e. The predicted octanol–water partition coefficient (Wildman–Crippen LogP) is 2.32. The van der Waals surface area contributed by atoms with Crippen LogP contribution in [0.1, 0.15) is 33.1 Å². The first-order chi connectivity index (χ1) is 6.09. The van der Waals surface area contributed by atoms with Crippen LogP contribution in [-0.4, -0.2) is 17.8 Å². The number of nitrogens with one attached hydrogen (secondary N) is 1. The Hall–Kier alpha value is -0.0500. The van der Waals surface area contributed by atoms with Gasteiger partial charge in [-0.15, -0.1) is 0 Å². The highest BCUT2D eigenvalue weighted by Gasteiger charge is 2.41. The van der Waals surface area contributed by atoms with Crippen LogP contribution in [0.3, 0.4) is 0 Å². The molecule has 0 radical (unpaired) electrons. The quantitative estimate of drug-likeness (QED) is 0.743. The molecule has 3 heteroatoms. The van der Waals surface area contributed by atoms with E-state index < -0.39 is 0 Å². The lowest BCUT2D eigenvalue weighted by Gasteiger charge is -2.15. The highest BCUT2D eigenvalue weighted by atomic mass is 79.9. The van der Waals surface area contributed by atoms with Gasteiger partial charge in [0.1, 0.15) is 0 Å². The highest BCUT2D eigenvalue weighted by Crippen LogP contribution is 2.48. The number of carbonyl (C=O) groups is 1. The van der Waals surface area contributed by atoms with E-state index in [2.05, 4.69) is 21.2 Å².